The van der Waals surface area contributed by atoms with Crippen LogP contribution in [0.1, 0.15) is 6.92 Å². The molecule has 0 saturated carbocycles. The predicted molar refractivity (Wildman–Crippen MR) is 37.5 cm³/mol. The summed E-state index contributed by atoms with van der Waals surface area (Å²) in [5.41, 5.74) is 0. The summed E-state index contributed by atoms with van der Waals surface area (Å²) in [6.07, 6.45) is 0. The van der Waals surface area contributed by atoms with Crippen molar-refractivity contribution >= 4 is 29.4 Å². The molecule has 3 unspecified atom stereocenters. The highest BCUT2D eigenvalue weighted by Crippen LogP contribution is 2.84. The molecular weight excluding hydrogens is 148 g/mol. The van der Waals surface area contributed by atoms with Crippen LogP contribution in [0.4, 0.5) is 0 Å². The monoisotopic (exact) mass is 152 g/mol. The molecule has 0 radical (unpaired) electrons. The molecular formula is C2H4P4. The lowest BCUT2D eigenvalue weighted by Gasteiger charge is -1.98. The third kappa shape index (κ3) is 0.350. The molecule has 0 aromatic heterocycles. The summed E-state index contributed by atoms with van der Waals surface area (Å²) in [6.45, 7) is 3.07. The Hall–Kier alpha value is 1.20. The molecule has 0 spiro atoms. The van der Waals surface area contributed by atoms with Crippen molar-refractivity contribution in [3.05, 3.63) is 0 Å². The fourth-order valence-electron chi connectivity index (χ4n) is 0.451. The highest BCUT2D eigenvalue weighted by molar-refractivity contribution is 8.43. The fraction of sp³-hybridized carbons (Fsp3) is 1.00. The Morgan fingerprint density at radius 2 is 2.50 bits per heavy atom. The highest BCUT2D eigenvalue weighted by atomic mass is 32.2. The second-order valence-corrected chi connectivity index (χ2v) is 13.9. The second kappa shape index (κ2) is 0.962. The lowest BCUT2D eigenvalue weighted by Crippen LogP contribution is -1.79. The molecule has 0 saturated heterocycles. The maximum atomic E-state index is 2.41. The zero-order chi connectivity index (χ0) is 4.20. The number of fused-ring (bicyclic) bond motifs is 1. The molecule has 2 rings (SSSR count). The van der Waals surface area contributed by atoms with Crippen LogP contribution in [-0.2, 0) is 0 Å². The highest BCUT2D eigenvalue weighted by Gasteiger charge is 2.36. The van der Waals surface area contributed by atoms with E-state index in [1.54, 1.807) is 7.87 Å². The summed E-state index contributed by atoms with van der Waals surface area (Å²) in [6, 6.07) is 0. The van der Waals surface area contributed by atoms with Crippen LogP contribution in [0.25, 0.3) is 0 Å². The maximum absolute atomic E-state index is 2.41. The van der Waals surface area contributed by atoms with Gasteiger partial charge in [-0.3, -0.25) is 0 Å². The van der Waals surface area contributed by atoms with Gasteiger partial charge in [0.05, 0.1) is 0 Å². The second-order valence-electron chi connectivity index (χ2n) is 1.59. The molecule has 32 valence electrons. The van der Waals surface area contributed by atoms with E-state index < -0.39 is 0 Å². The van der Waals surface area contributed by atoms with Gasteiger partial charge in [0.2, 0.25) is 0 Å². The summed E-state index contributed by atoms with van der Waals surface area (Å²) >= 11 is 0. The van der Waals surface area contributed by atoms with Gasteiger partial charge >= 0.3 is 0 Å². The van der Waals surface area contributed by atoms with Crippen molar-refractivity contribution in [1.82, 2.24) is 0 Å². The standard InChI is InChI=1S/C2H4P4/c1-2-3-5-6(2)4-2/h5H,1H3. The zero-order valence-corrected chi connectivity index (χ0v) is 7.02. The van der Waals surface area contributed by atoms with Gasteiger partial charge in [-0.25, -0.2) is 0 Å². The zero-order valence-electron chi connectivity index (χ0n) is 3.34. The van der Waals surface area contributed by atoms with E-state index in [2.05, 4.69) is 6.92 Å². The number of hydrogen-bond donors (Lipinski definition) is 0. The van der Waals surface area contributed by atoms with E-state index in [0.717, 1.165) is 4.64 Å². The van der Waals surface area contributed by atoms with Crippen LogP contribution >= 0.6 is 29.4 Å². The van der Waals surface area contributed by atoms with Crippen molar-refractivity contribution in [3.8, 4) is 0 Å². The summed E-state index contributed by atoms with van der Waals surface area (Å²) in [5, 5.41) is 0. The van der Waals surface area contributed by atoms with Crippen LogP contribution in [-0.4, -0.2) is 4.64 Å². The predicted octanol–water partition coefficient (Wildman–Crippen LogP) is 3.49. The summed E-state index contributed by atoms with van der Waals surface area (Å²) < 4.78 is 0.910. The Bertz CT molecular complexity index is 210. The van der Waals surface area contributed by atoms with E-state index in [1.165, 1.54) is 7.15 Å². The van der Waals surface area contributed by atoms with Crippen molar-refractivity contribution in [2.75, 3.05) is 0 Å². The van der Waals surface area contributed by atoms with Gasteiger partial charge in [0.25, 0.3) is 0 Å². The van der Waals surface area contributed by atoms with Crippen molar-refractivity contribution in [3.63, 3.8) is 0 Å². The van der Waals surface area contributed by atoms with Gasteiger partial charge in [-0.1, -0.05) is 21.5 Å². The molecule has 0 fully saturated rings. The molecule has 6 heavy (non-hydrogen) atoms. The van der Waals surface area contributed by atoms with Crippen molar-refractivity contribution < 1.29 is 0 Å². The molecule has 0 amide bonds. The average molecular weight is 152 g/mol. The van der Waals surface area contributed by atoms with Crippen LogP contribution in [0.5, 0.6) is 0 Å². The lowest BCUT2D eigenvalue weighted by atomic mass is 10.9. The van der Waals surface area contributed by atoms with E-state index in [1.807, 2.05) is 7.87 Å². The van der Waals surface area contributed by atoms with Crippen molar-refractivity contribution in [1.29, 1.82) is 0 Å². The van der Waals surface area contributed by atoms with Gasteiger partial charge in [0.1, 0.15) is 4.64 Å². The Morgan fingerprint density at radius 3 is 2.50 bits per heavy atom. The molecule has 2 aliphatic heterocycles. The summed E-state index contributed by atoms with van der Waals surface area (Å²) in [7, 11) is 4.96. The smallest absolute Gasteiger partial charge is 0.0867 e. The van der Waals surface area contributed by atoms with Gasteiger partial charge in [0.15, 0.2) is 0 Å². The Morgan fingerprint density at radius 1 is 1.83 bits per heavy atom. The van der Waals surface area contributed by atoms with Gasteiger partial charge < -0.3 is 0 Å². The van der Waals surface area contributed by atoms with Gasteiger partial charge in [-0.2, -0.15) is 0 Å². The van der Waals surface area contributed by atoms with Crippen LogP contribution in [0.3, 0.4) is 0 Å². The fourth-order valence-corrected chi connectivity index (χ4v) is 20.9. The van der Waals surface area contributed by atoms with Gasteiger partial charge in [0, 0.05) is 0 Å². The van der Waals surface area contributed by atoms with Gasteiger partial charge in [-0.05, 0) is 14.8 Å². The van der Waals surface area contributed by atoms with Crippen LogP contribution < -0.4 is 0 Å². The topological polar surface area (TPSA) is 0 Å². The normalized spacial score (nSPS) is 60.5. The average Bonchev–Trinajstić information content (AvgIpc) is 1.88. The molecule has 2 heterocycles. The number of hydrogen-bond acceptors (Lipinski definition) is 0. The van der Waals surface area contributed by atoms with E-state index in [0.29, 0.717) is 6.50 Å². The summed E-state index contributed by atoms with van der Waals surface area (Å²) in [5.74, 6) is 0. The minimum absolute atomic E-state index is 0.655. The molecule has 2 aliphatic rings. The minimum atomic E-state index is 0.655. The summed E-state index contributed by atoms with van der Waals surface area (Å²) in [4.78, 5) is 0. The molecule has 0 bridgehead atoms. The first-order valence-electron chi connectivity index (χ1n) is 1.82. The lowest BCUT2D eigenvalue weighted by molar-refractivity contribution is 1.35. The van der Waals surface area contributed by atoms with E-state index in [9.17, 15) is 0 Å². The van der Waals surface area contributed by atoms with E-state index >= 15 is 0 Å². The van der Waals surface area contributed by atoms with Crippen molar-refractivity contribution in [2.24, 2.45) is 0 Å². The molecule has 0 aliphatic carbocycles. The Kier molecular flexibility index (Phi) is 0.660. The van der Waals surface area contributed by atoms with Crippen molar-refractivity contribution in [2.45, 2.75) is 11.6 Å². The first-order chi connectivity index (χ1) is 2.81. The third-order valence-corrected chi connectivity index (χ3v) is 20.2. The minimum Gasteiger partial charge on any atom is -0.0867 e. The maximum Gasteiger partial charge on any atom is 0.103 e. The molecule has 0 aromatic rings. The molecule has 4 heteroatoms. The first-order valence-corrected chi connectivity index (χ1v) is 8.34. The third-order valence-electron chi connectivity index (χ3n) is 1.01. The molecule has 3 atom stereocenters. The molecule has 0 N–H and O–H groups in total. The Labute approximate surface area is 41.6 Å². The largest absolute Gasteiger partial charge is 0.103 e. The first kappa shape index (κ1) is 4.12. The SMILES string of the molecule is CC12P=[PH]=P1=P2. The van der Waals surface area contributed by atoms with Crippen LogP contribution in [0.15, 0.2) is 0 Å². The Balaban J connectivity index is 2.82. The van der Waals surface area contributed by atoms with Crippen LogP contribution in [0, 0.1) is 0 Å². The van der Waals surface area contributed by atoms with Crippen LogP contribution in [0.2, 0.25) is 0 Å². The number of rotatable bonds is 0. The molecule has 0 nitrogen and oxygen atoms in total. The quantitative estimate of drug-likeness (QED) is 0.466. The van der Waals surface area contributed by atoms with E-state index in [4.69, 9.17) is 0 Å². The van der Waals surface area contributed by atoms with E-state index in [-0.39, 0.29) is 0 Å². The van der Waals surface area contributed by atoms with Gasteiger partial charge in [-0.15, -0.1) is 0 Å². The molecule has 0 aromatic carbocycles.